The third-order valence-electron chi connectivity index (χ3n) is 5.32. The Bertz CT molecular complexity index is 1440. The first-order valence-corrected chi connectivity index (χ1v) is 12.4. The topological polar surface area (TPSA) is 45.8 Å². The van der Waals surface area contributed by atoms with E-state index >= 15 is 0 Å². The van der Waals surface area contributed by atoms with Crippen LogP contribution in [0.3, 0.4) is 0 Å². The number of carbonyl (C=O) groups excluding carboxylic acids is 1. The Labute approximate surface area is 211 Å². The molecule has 3 aromatic carbocycles. The summed E-state index contributed by atoms with van der Waals surface area (Å²) in [6.07, 6.45) is 1.79. The fourth-order valence-electron chi connectivity index (χ4n) is 3.68. The lowest BCUT2D eigenvalue weighted by Gasteiger charge is -2.16. The van der Waals surface area contributed by atoms with Gasteiger partial charge >= 0.3 is 0 Å². The molecule has 6 heteroatoms. The molecule has 168 valence electrons. The second-order valence-corrected chi connectivity index (χ2v) is 9.96. The summed E-state index contributed by atoms with van der Waals surface area (Å²) in [7, 11) is 0. The van der Waals surface area contributed by atoms with Crippen LogP contribution in [0, 0.1) is 13.8 Å². The molecule has 1 aliphatic heterocycles. The van der Waals surface area contributed by atoms with Crippen molar-refractivity contribution in [2.24, 2.45) is 4.99 Å². The molecule has 0 radical (unpaired) electrons. The number of amides is 1. The highest BCUT2D eigenvalue weighted by atomic mass is 79.9. The highest BCUT2D eigenvalue weighted by Gasteiger charge is 2.35. The molecule has 0 aliphatic carbocycles. The van der Waals surface area contributed by atoms with E-state index in [0.29, 0.717) is 15.8 Å². The largest absolute Gasteiger partial charge is 0.457 e. The van der Waals surface area contributed by atoms with Crippen LogP contribution in [0.2, 0.25) is 0 Å². The number of thioether (sulfide) groups is 1. The van der Waals surface area contributed by atoms with Crippen molar-refractivity contribution in [3.63, 3.8) is 0 Å². The van der Waals surface area contributed by atoms with Crippen molar-refractivity contribution in [1.29, 1.82) is 0 Å². The van der Waals surface area contributed by atoms with Crippen LogP contribution in [0.4, 0.5) is 11.4 Å². The molecule has 1 aliphatic rings. The third-order valence-corrected chi connectivity index (χ3v) is 6.82. The molecular formula is C28H21BrN2O2S. The van der Waals surface area contributed by atoms with Crippen LogP contribution in [0.5, 0.6) is 0 Å². The van der Waals surface area contributed by atoms with Crippen LogP contribution < -0.4 is 4.90 Å². The van der Waals surface area contributed by atoms with Gasteiger partial charge in [0.1, 0.15) is 11.5 Å². The van der Waals surface area contributed by atoms with E-state index in [-0.39, 0.29) is 5.91 Å². The summed E-state index contributed by atoms with van der Waals surface area (Å²) in [6.45, 7) is 4.04. The van der Waals surface area contributed by atoms with Crippen molar-refractivity contribution >= 4 is 56.2 Å². The molecule has 1 saturated heterocycles. The van der Waals surface area contributed by atoms with Gasteiger partial charge in [-0.1, -0.05) is 52.3 Å². The molecule has 2 heterocycles. The zero-order valence-electron chi connectivity index (χ0n) is 18.7. The lowest BCUT2D eigenvalue weighted by molar-refractivity contribution is -0.113. The second kappa shape index (κ2) is 9.49. The van der Waals surface area contributed by atoms with Crippen molar-refractivity contribution in [3.8, 4) is 11.3 Å². The maximum atomic E-state index is 13.5. The summed E-state index contributed by atoms with van der Waals surface area (Å²) in [4.78, 5) is 20.6. The Morgan fingerprint density at radius 1 is 0.912 bits per heavy atom. The fraction of sp³-hybridized carbons (Fsp3) is 0.0714. The Kier molecular flexibility index (Phi) is 6.26. The monoisotopic (exact) mass is 528 g/mol. The normalized spacial score (nSPS) is 16.1. The quantitative estimate of drug-likeness (QED) is 0.251. The van der Waals surface area contributed by atoms with Gasteiger partial charge in [-0.3, -0.25) is 9.69 Å². The highest BCUT2D eigenvalue weighted by molar-refractivity contribution is 9.10. The number of benzene rings is 3. The number of anilines is 1. The first kappa shape index (κ1) is 22.4. The number of aliphatic imine (C=N–C) groups is 1. The zero-order valence-corrected chi connectivity index (χ0v) is 21.1. The molecule has 0 spiro atoms. The Morgan fingerprint density at radius 2 is 1.65 bits per heavy atom. The summed E-state index contributed by atoms with van der Waals surface area (Å²) < 4.78 is 7.04. The predicted octanol–water partition coefficient (Wildman–Crippen LogP) is 8.13. The molecule has 5 rings (SSSR count). The average Bonchev–Trinajstić information content (AvgIpc) is 3.39. The lowest BCUT2D eigenvalue weighted by Crippen LogP contribution is -2.28. The SMILES string of the molecule is Cc1cccc(N=C2S/C(=C/c3ccc(-c4ccc(Br)cc4)o3)C(=O)N2c2cccc(C)c2)c1. The van der Waals surface area contributed by atoms with Crippen molar-refractivity contribution in [1.82, 2.24) is 0 Å². The summed E-state index contributed by atoms with van der Waals surface area (Å²) in [5.41, 5.74) is 4.77. The number of hydrogen-bond acceptors (Lipinski definition) is 4. The van der Waals surface area contributed by atoms with Gasteiger partial charge in [-0.2, -0.15) is 0 Å². The molecule has 1 aromatic heterocycles. The van der Waals surface area contributed by atoms with Gasteiger partial charge in [0.15, 0.2) is 5.17 Å². The molecule has 0 saturated carbocycles. The van der Waals surface area contributed by atoms with Crippen LogP contribution >= 0.6 is 27.7 Å². The first-order chi connectivity index (χ1) is 16.5. The molecule has 4 aromatic rings. The summed E-state index contributed by atoms with van der Waals surface area (Å²) in [5, 5.41) is 0.618. The number of carbonyl (C=O) groups is 1. The molecule has 1 fully saturated rings. The van der Waals surface area contributed by atoms with Crippen LogP contribution in [0.1, 0.15) is 16.9 Å². The van der Waals surface area contributed by atoms with E-state index in [1.807, 2.05) is 98.8 Å². The smallest absolute Gasteiger partial charge is 0.271 e. The summed E-state index contributed by atoms with van der Waals surface area (Å²) >= 11 is 4.81. The van der Waals surface area contributed by atoms with E-state index in [1.54, 1.807) is 11.0 Å². The highest BCUT2D eigenvalue weighted by Crippen LogP contribution is 2.38. The van der Waals surface area contributed by atoms with Crippen molar-refractivity contribution in [2.45, 2.75) is 13.8 Å². The van der Waals surface area contributed by atoms with Gasteiger partial charge < -0.3 is 4.42 Å². The molecule has 1 amide bonds. The number of furan rings is 1. The molecule has 0 unspecified atom stereocenters. The van der Waals surface area contributed by atoms with E-state index in [9.17, 15) is 4.79 Å². The van der Waals surface area contributed by atoms with Crippen LogP contribution in [-0.4, -0.2) is 11.1 Å². The Morgan fingerprint density at radius 3 is 2.38 bits per heavy atom. The van der Waals surface area contributed by atoms with Gasteiger partial charge in [-0.05, 0) is 85.3 Å². The molecule has 4 nitrogen and oxygen atoms in total. The van der Waals surface area contributed by atoms with E-state index in [2.05, 4.69) is 15.9 Å². The van der Waals surface area contributed by atoms with Crippen LogP contribution in [0.15, 0.2) is 104 Å². The van der Waals surface area contributed by atoms with Gasteiger partial charge in [-0.15, -0.1) is 0 Å². The average molecular weight is 529 g/mol. The minimum absolute atomic E-state index is 0.122. The molecular weight excluding hydrogens is 508 g/mol. The Balaban J connectivity index is 1.52. The van der Waals surface area contributed by atoms with Crippen molar-refractivity contribution in [2.75, 3.05) is 4.90 Å². The van der Waals surface area contributed by atoms with Crippen LogP contribution in [0.25, 0.3) is 17.4 Å². The standard InChI is InChI=1S/C28H21BrN2O2S/c1-18-5-3-7-22(15-18)30-28-31(23-8-4-6-19(2)16-23)27(32)26(34-28)17-24-13-14-25(33-24)20-9-11-21(29)12-10-20/h3-17H,1-2H3/b26-17+,30-28?. The number of rotatable bonds is 4. The van der Waals surface area contributed by atoms with Gasteiger partial charge in [0, 0.05) is 16.1 Å². The summed E-state index contributed by atoms with van der Waals surface area (Å²) in [5.74, 6) is 1.25. The third kappa shape index (κ3) is 4.79. The number of amidine groups is 1. The number of nitrogens with zero attached hydrogens (tertiary/aromatic N) is 2. The van der Waals surface area contributed by atoms with E-state index in [1.165, 1.54) is 11.8 Å². The van der Waals surface area contributed by atoms with Gasteiger partial charge in [-0.25, -0.2) is 4.99 Å². The predicted molar refractivity (Wildman–Crippen MR) is 144 cm³/mol. The fourth-order valence-corrected chi connectivity index (χ4v) is 4.93. The minimum atomic E-state index is -0.122. The second-order valence-electron chi connectivity index (χ2n) is 8.03. The van der Waals surface area contributed by atoms with Crippen molar-refractivity contribution < 1.29 is 9.21 Å². The molecule has 0 atom stereocenters. The Hall–Kier alpha value is -3.35. The molecule has 0 N–H and O–H groups in total. The van der Waals surface area contributed by atoms with E-state index < -0.39 is 0 Å². The van der Waals surface area contributed by atoms with E-state index in [0.717, 1.165) is 38.3 Å². The lowest BCUT2D eigenvalue weighted by atomic mass is 10.2. The maximum absolute atomic E-state index is 13.5. The zero-order chi connectivity index (χ0) is 23.7. The van der Waals surface area contributed by atoms with E-state index in [4.69, 9.17) is 9.41 Å². The number of halogens is 1. The maximum Gasteiger partial charge on any atom is 0.271 e. The summed E-state index contributed by atoms with van der Waals surface area (Å²) in [6, 6.07) is 27.5. The van der Waals surface area contributed by atoms with Gasteiger partial charge in [0.2, 0.25) is 0 Å². The minimum Gasteiger partial charge on any atom is -0.457 e. The molecule has 34 heavy (non-hydrogen) atoms. The number of aryl methyl sites for hydroxylation is 2. The van der Waals surface area contributed by atoms with Gasteiger partial charge in [0.25, 0.3) is 5.91 Å². The van der Waals surface area contributed by atoms with Crippen molar-refractivity contribution in [3.05, 3.63) is 111 Å². The van der Waals surface area contributed by atoms with Gasteiger partial charge in [0.05, 0.1) is 16.3 Å². The first-order valence-electron chi connectivity index (χ1n) is 10.8. The molecule has 0 bridgehead atoms. The van der Waals surface area contributed by atoms with Crippen LogP contribution in [-0.2, 0) is 4.79 Å². The number of hydrogen-bond donors (Lipinski definition) is 0.